The standard InChI is InChI=1S/C9H15NO2/c1-3-7-6-4-9(11)12-8(6)5-10(7)2/h6-8H,3-5H2,1-2H3/t6-,7-,8+/m1/s1. The van der Waals surface area contributed by atoms with Gasteiger partial charge in [-0.2, -0.15) is 0 Å². The van der Waals surface area contributed by atoms with Crippen LogP contribution < -0.4 is 0 Å². The van der Waals surface area contributed by atoms with Crippen molar-refractivity contribution in [2.75, 3.05) is 13.6 Å². The number of likely N-dealkylation sites (tertiary alicyclic amines) is 1. The summed E-state index contributed by atoms with van der Waals surface area (Å²) in [5.74, 6) is 0.462. The van der Waals surface area contributed by atoms with Crippen LogP contribution in [0.25, 0.3) is 0 Å². The van der Waals surface area contributed by atoms with Gasteiger partial charge in [0.25, 0.3) is 0 Å². The van der Waals surface area contributed by atoms with E-state index < -0.39 is 0 Å². The van der Waals surface area contributed by atoms with E-state index in [1.165, 1.54) is 0 Å². The van der Waals surface area contributed by atoms with Crippen LogP contribution in [0.4, 0.5) is 0 Å². The van der Waals surface area contributed by atoms with Gasteiger partial charge in [-0.15, -0.1) is 0 Å². The van der Waals surface area contributed by atoms with Gasteiger partial charge in [0.1, 0.15) is 6.10 Å². The van der Waals surface area contributed by atoms with Gasteiger partial charge in [-0.1, -0.05) is 6.92 Å². The second-order valence-corrected chi connectivity index (χ2v) is 3.81. The fourth-order valence-electron chi connectivity index (χ4n) is 2.55. The summed E-state index contributed by atoms with van der Waals surface area (Å²) >= 11 is 0. The van der Waals surface area contributed by atoms with Crippen molar-refractivity contribution in [2.24, 2.45) is 5.92 Å². The van der Waals surface area contributed by atoms with Gasteiger partial charge < -0.3 is 4.74 Å². The molecule has 3 heteroatoms. The lowest BCUT2D eigenvalue weighted by Crippen LogP contribution is -2.28. The van der Waals surface area contributed by atoms with Crippen LogP contribution in [-0.2, 0) is 9.53 Å². The van der Waals surface area contributed by atoms with Crippen molar-refractivity contribution in [3.63, 3.8) is 0 Å². The maximum absolute atomic E-state index is 11.0. The van der Waals surface area contributed by atoms with Crippen molar-refractivity contribution in [2.45, 2.75) is 31.9 Å². The van der Waals surface area contributed by atoms with E-state index in [1.54, 1.807) is 0 Å². The Morgan fingerprint density at radius 3 is 3.08 bits per heavy atom. The molecule has 2 aliphatic heterocycles. The third kappa shape index (κ3) is 1.04. The normalized spacial score (nSPS) is 41.5. The van der Waals surface area contributed by atoms with Crippen LogP contribution in [0.5, 0.6) is 0 Å². The van der Waals surface area contributed by atoms with Crippen LogP contribution in [-0.4, -0.2) is 36.6 Å². The van der Waals surface area contributed by atoms with Gasteiger partial charge in [-0.3, -0.25) is 9.69 Å². The molecule has 0 aromatic rings. The van der Waals surface area contributed by atoms with Crippen LogP contribution in [0.1, 0.15) is 19.8 Å². The number of carbonyl (C=O) groups is 1. The van der Waals surface area contributed by atoms with Crippen molar-refractivity contribution >= 4 is 5.97 Å². The van der Waals surface area contributed by atoms with Gasteiger partial charge in [-0.25, -0.2) is 0 Å². The van der Waals surface area contributed by atoms with Crippen molar-refractivity contribution in [1.82, 2.24) is 4.90 Å². The molecule has 0 aliphatic carbocycles. The molecule has 2 saturated heterocycles. The van der Waals surface area contributed by atoms with Crippen molar-refractivity contribution < 1.29 is 9.53 Å². The van der Waals surface area contributed by atoms with Gasteiger partial charge in [0, 0.05) is 18.5 Å². The summed E-state index contributed by atoms with van der Waals surface area (Å²) < 4.78 is 5.21. The first kappa shape index (κ1) is 8.05. The second kappa shape index (κ2) is 2.73. The third-order valence-corrected chi connectivity index (χ3v) is 3.11. The van der Waals surface area contributed by atoms with Crippen molar-refractivity contribution in [3.8, 4) is 0 Å². The molecule has 0 bridgehead atoms. The van der Waals surface area contributed by atoms with Crippen LogP contribution in [0.15, 0.2) is 0 Å². The Morgan fingerprint density at radius 2 is 2.42 bits per heavy atom. The molecule has 3 atom stereocenters. The van der Waals surface area contributed by atoms with E-state index in [0.717, 1.165) is 13.0 Å². The molecular weight excluding hydrogens is 154 g/mol. The van der Waals surface area contributed by atoms with Crippen molar-refractivity contribution in [1.29, 1.82) is 0 Å². The maximum atomic E-state index is 11.0. The van der Waals surface area contributed by atoms with E-state index in [0.29, 0.717) is 18.4 Å². The average molecular weight is 169 g/mol. The highest BCUT2D eigenvalue weighted by Gasteiger charge is 2.46. The van der Waals surface area contributed by atoms with Crippen LogP contribution in [0, 0.1) is 5.92 Å². The zero-order chi connectivity index (χ0) is 8.72. The van der Waals surface area contributed by atoms with Gasteiger partial charge in [0.2, 0.25) is 0 Å². The number of carbonyl (C=O) groups excluding carboxylic acids is 1. The number of nitrogens with zero attached hydrogens (tertiary/aromatic N) is 1. The van der Waals surface area contributed by atoms with Crippen LogP contribution in [0.3, 0.4) is 0 Å². The average Bonchev–Trinajstić information content (AvgIpc) is 2.43. The first-order valence-corrected chi connectivity index (χ1v) is 4.62. The summed E-state index contributed by atoms with van der Waals surface area (Å²) in [6.07, 6.45) is 1.94. The number of rotatable bonds is 1. The Balaban J connectivity index is 2.11. The lowest BCUT2D eigenvalue weighted by molar-refractivity contribution is -0.141. The monoisotopic (exact) mass is 169 g/mol. The van der Waals surface area contributed by atoms with E-state index in [9.17, 15) is 4.79 Å². The Labute approximate surface area is 72.7 Å². The molecule has 0 N–H and O–H groups in total. The van der Waals surface area contributed by atoms with Gasteiger partial charge in [-0.05, 0) is 13.5 Å². The van der Waals surface area contributed by atoms with E-state index in [4.69, 9.17) is 4.74 Å². The number of hydrogen-bond acceptors (Lipinski definition) is 3. The van der Waals surface area contributed by atoms with Gasteiger partial charge >= 0.3 is 5.97 Å². The fourth-order valence-corrected chi connectivity index (χ4v) is 2.55. The predicted octanol–water partition coefficient (Wildman–Crippen LogP) is 0.642. The highest BCUT2D eigenvalue weighted by atomic mass is 16.6. The zero-order valence-corrected chi connectivity index (χ0v) is 7.62. The fraction of sp³-hybridized carbons (Fsp3) is 0.889. The molecule has 3 nitrogen and oxygen atoms in total. The summed E-state index contributed by atoms with van der Waals surface area (Å²) in [6.45, 7) is 3.10. The number of hydrogen-bond donors (Lipinski definition) is 0. The lowest BCUT2D eigenvalue weighted by atomic mass is 9.95. The molecule has 0 aromatic heterocycles. The molecule has 0 aromatic carbocycles. The molecule has 2 aliphatic rings. The molecule has 2 fully saturated rings. The SMILES string of the molecule is CC[C@@H]1[C@H]2CC(=O)O[C@H]2CN1C. The number of ether oxygens (including phenoxy) is 1. The topological polar surface area (TPSA) is 29.5 Å². The smallest absolute Gasteiger partial charge is 0.306 e. The largest absolute Gasteiger partial charge is 0.461 e. The van der Waals surface area contributed by atoms with E-state index >= 15 is 0 Å². The molecule has 0 radical (unpaired) electrons. The van der Waals surface area contributed by atoms with E-state index in [2.05, 4.69) is 18.9 Å². The summed E-state index contributed by atoms with van der Waals surface area (Å²) in [4.78, 5) is 13.3. The van der Waals surface area contributed by atoms with Crippen LogP contribution in [0.2, 0.25) is 0 Å². The number of esters is 1. The predicted molar refractivity (Wildman–Crippen MR) is 44.7 cm³/mol. The van der Waals surface area contributed by atoms with Gasteiger partial charge in [0.05, 0.1) is 6.42 Å². The first-order valence-electron chi connectivity index (χ1n) is 4.62. The molecule has 68 valence electrons. The first-order chi connectivity index (χ1) is 5.72. The molecule has 12 heavy (non-hydrogen) atoms. The zero-order valence-electron chi connectivity index (χ0n) is 7.62. The highest BCUT2D eigenvalue weighted by Crippen LogP contribution is 2.35. The van der Waals surface area contributed by atoms with Gasteiger partial charge in [0.15, 0.2) is 0 Å². The second-order valence-electron chi connectivity index (χ2n) is 3.81. The molecule has 0 saturated carbocycles. The molecule has 0 unspecified atom stereocenters. The Morgan fingerprint density at radius 1 is 1.67 bits per heavy atom. The summed E-state index contributed by atoms with van der Waals surface area (Å²) in [5.41, 5.74) is 0. The minimum atomic E-state index is -0.00319. The summed E-state index contributed by atoms with van der Waals surface area (Å²) in [7, 11) is 2.11. The minimum absolute atomic E-state index is 0.00319. The Kier molecular flexibility index (Phi) is 1.83. The lowest BCUT2D eigenvalue weighted by Gasteiger charge is -2.20. The highest BCUT2D eigenvalue weighted by molar-refractivity contribution is 5.72. The third-order valence-electron chi connectivity index (χ3n) is 3.11. The maximum Gasteiger partial charge on any atom is 0.306 e. The van der Waals surface area contributed by atoms with E-state index in [-0.39, 0.29) is 12.1 Å². The molecular formula is C9H15NO2. The molecule has 2 heterocycles. The quantitative estimate of drug-likeness (QED) is 0.539. The Bertz CT molecular complexity index is 205. The Hall–Kier alpha value is -0.570. The van der Waals surface area contributed by atoms with E-state index in [1.807, 2.05) is 0 Å². The summed E-state index contributed by atoms with van der Waals surface area (Å²) in [5, 5.41) is 0. The molecule has 0 amide bonds. The summed E-state index contributed by atoms with van der Waals surface area (Å²) in [6, 6.07) is 0.557. The minimum Gasteiger partial charge on any atom is -0.461 e. The van der Waals surface area contributed by atoms with Crippen LogP contribution >= 0.6 is 0 Å². The molecule has 2 rings (SSSR count). The number of likely N-dealkylation sites (N-methyl/N-ethyl adjacent to an activating group) is 1. The molecule has 0 spiro atoms. The number of fused-ring (bicyclic) bond motifs is 1. The van der Waals surface area contributed by atoms with Crippen molar-refractivity contribution in [3.05, 3.63) is 0 Å².